The van der Waals surface area contributed by atoms with Crippen molar-refractivity contribution in [2.24, 2.45) is 0 Å². The fraction of sp³-hybridized carbons (Fsp3) is 0. The van der Waals surface area contributed by atoms with E-state index >= 15 is 0 Å². The molecule has 0 saturated carbocycles. The van der Waals surface area contributed by atoms with Gasteiger partial charge in [-0.3, -0.25) is 4.98 Å². The molecule has 3 aromatic rings. The minimum Gasteiger partial charge on any atom is -0.383 e. The molecule has 5 nitrogen and oxygen atoms in total. The standard InChI is InChI=1S/C18H11N5S/c19-10-14-16(12-6-8-22-9-7-12)15(11-20)18(23-17(14)21)24-13-4-2-1-3-5-13/h1-9H,(H2,21,23). The molecule has 0 aliphatic rings. The van der Waals surface area contributed by atoms with Gasteiger partial charge in [-0.1, -0.05) is 30.0 Å². The summed E-state index contributed by atoms with van der Waals surface area (Å²) in [5.74, 6) is 0.113. The molecule has 0 fully saturated rings. The Morgan fingerprint density at radius 3 is 2.21 bits per heavy atom. The zero-order chi connectivity index (χ0) is 16.9. The van der Waals surface area contributed by atoms with Crippen LogP contribution in [0.15, 0.2) is 64.8 Å². The average Bonchev–Trinajstić information content (AvgIpc) is 2.63. The first kappa shape index (κ1) is 15.5. The first-order chi connectivity index (χ1) is 11.7. The molecule has 114 valence electrons. The van der Waals surface area contributed by atoms with Crippen molar-refractivity contribution in [2.45, 2.75) is 9.92 Å². The van der Waals surface area contributed by atoms with Gasteiger partial charge in [0.25, 0.3) is 0 Å². The molecule has 0 saturated heterocycles. The predicted molar refractivity (Wildman–Crippen MR) is 91.9 cm³/mol. The molecule has 6 heteroatoms. The molecule has 2 heterocycles. The molecule has 24 heavy (non-hydrogen) atoms. The first-order valence-electron chi connectivity index (χ1n) is 7.01. The lowest BCUT2D eigenvalue weighted by molar-refractivity contribution is 1.11. The number of hydrogen-bond acceptors (Lipinski definition) is 6. The Labute approximate surface area is 143 Å². The fourth-order valence-corrected chi connectivity index (χ4v) is 3.19. The smallest absolute Gasteiger partial charge is 0.143 e. The summed E-state index contributed by atoms with van der Waals surface area (Å²) in [5.41, 5.74) is 7.72. The third-order valence-electron chi connectivity index (χ3n) is 3.34. The molecular weight excluding hydrogens is 318 g/mol. The molecular formula is C18H11N5S. The summed E-state index contributed by atoms with van der Waals surface area (Å²) in [7, 11) is 0. The third-order valence-corrected chi connectivity index (χ3v) is 4.34. The first-order valence-corrected chi connectivity index (χ1v) is 7.83. The second kappa shape index (κ2) is 6.82. The summed E-state index contributed by atoms with van der Waals surface area (Å²) in [5, 5.41) is 19.6. The molecule has 0 spiro atoms. The number of anilines is 1. The topological polar surface area (TPSA) is 99.4 Å². The summed E-state index contributed by atoms with van der Waals surface area (Å²) < 4.78 is 0. The van der Waals surface area contributed by atoms with Gasteiger partial charge in [0.1, 0.15) is 28.5 Å². The van der Waals surface area contributed by atoms with Crippen LogP contribution < -0.4 is 5.73 Å². The fourth-order valence-electron chi connectivity index (χ4n) is 2.28. The van der Waals surface area contributed by atoms with Gasteiger partial charge >= 0.3 is 0 Å². The second-order valence-corrected chi connectivity index (χ2v) is 5.86. The number of nitrogens with zero attached hydrogens (tertiary/aromatic N) is 4. The minimum absolute atomic E-state index is 0.113. The number of nitrogen functional groups attached to an aromatic ring is 1. The number of nitrogens with two attached hydrogens (primary N) is 1. The van der Waals surface area contributed by atoms with E-state index in [9.17, 15) is 10.5 Å². The maximum atomic E-state index is 9.68. The van der Waals surface area contributed by atoms with E-state index in [1.165, 1.54) is 11.8 Å². The highest BCUT2D eigenvalue weighted by atomic mass is 32.2. The highest BCUT2D eigenvalue weighted by molar-refractivity contribution is 7.99. The van der Waals surface area contributed by atoms with Crippen LogP contribution in [0.1, 0.15) is 11.1 Å². The van der Waals surface area contributed by atoms with Crippen LogP contribution in [-0.2, 0) is 0 Å². The Hall–Kier alpha value is -3.35. The van der Waals surface area contributed by atoms with Crippen LogP contribution in [0.2, 0.25) is 0 Å². The summed E-state index contributed by atoms with van der Waals surface area (Å²) in [6, 6.07) is 17.3. The van der Waals surface area contributed by atoms with Crippen LogP contribution in [0.5, 0.6) is 0 Å². The van der Waals surface area contributed by atoms with Gasteiger partial charge < -0.3 is 5.73 Å². The molecule has 0 bridgehead atoms. The van der Waals surface area contributed by atoms with Crippen molar-refractivity contribution in [1.29, 1.82) is 10.5 Å². The molecule has 3 rings (SSSR count). The molecule has 2 aromatic heterocycles. The minimum atomic E-state index is 0.113. The molecule has 1 aromatic carbocycles. The van der Waals surface area contributed by atoms with Crippen molar-refractivity contribution in [1.82, 2.24) is 9.97 Å². The maximum Gasteiger partial charge on any atom is 0.143 e. The van der Waals surface area contributed by atoms with E-state index in [1.807, 2.05) is 30.3 Å². The van der Waals surface area contributed by atoms with E-state index in [1.54, 1.807) is 24.5 Å². The van der Waals surface area contributed by atoms with Crippen LogP contribution in [0.4, 0.5) is 5.82 Å². The Bertz CT molecular complexity index is 957. The summed E-state index contributed by atoms with van der Waals surface area (Å²) in [6.45, 7) is 0. The number of hydrogen-bond donors (Lipinski definition) is 1. The lowest BCUT2D eigenvalue weighted by Gasteiger charge is -2.12. The highest BCUT2D eigenvalue weighted by Crippen LogP contribution is 2.37. The molecule has 0 atom stereocenters. The van der Waals surface area contributed by atoms with Crippen molar-refractivity contribution < 1.29 is 0 Å². The molecule has 0 unspecified atom stereocenters. The van der Waals surface area contributed by atoms with Crippen molar-refractivity contribution >= 4 is 17.6 Å². The lowest BCUT2D eigenvalue weighted by atomic mass is 9.98. The van der Waals surface area contributed by atoms with E-state index in [-0.39, 0.29) is 11.4 Å². The second-order valence-electron chi connectivity index (χ2n) is 4.80. The number of nitriles is 2. The normalized spacial score (nSPS) is 9.92. The Balaban J connectivity index is 2.24. The van der Waals surface area contributed by atoms with Gasteiger partial charge in [0.05, 0.1) is 5.56 Å². The van der Waals surface area contributed by atoms with Crippen LogP contribution in [0.3, 0.4) is 0 Å². The summed E-state index contributed by atoms with van der Waals surface area (Å²) in [4.78, 5) is 9.19. The largest absolute Gasteiger partial charge is 0.383 e. The summed E-state index contributed by atoms with van der Waals surface area (Å²) in [6.07, 6.45) is 3.22. The van der Waals surface area contributed by atoms with Crippen molar-refractivity contribution in [3.63, 3.8) is 0 Å². The molecule has 2 N–H and O–H groups in total. The van der Waals surface area contributed by atoms with Crippen LogP contribution in [-0.4, -0.2) is 9.97 Å². The van der Waals surface area contributed by atoms with Crippen LogP contribution in [0, 0.1) is 22.7 Å². The molecule has 0 amide bonds. The quantitative estimate of drug-likeness (QED) is 0.788. The van der Waals surface area contributed by atoms with E-state index in [4.69, 9.17) is 5.73 Å². The maximum absolute atomic E-state index is 9.68. The number of pyridine rings is 2. The zero-order valence-corrected chi connectivity index (χ0v) is 13.3. The van der Waals surface area contributed by atoms with Crippen molar-refractivity contribution in [3.8, 4) is 23.3 Å². The number of aromatic nitrogens is 2. The predicted octanol–water partition coefficient (Wildman–Crippen LogP) is 3.62. The monoisotopic (exact) mass is 329 g/mol. The third kappa shape index (κ3) is 2.91. The van der Waals surface area contributed by atoms with Crippen LogP contribution >= 0.6 is 11.8 Å². The average molecular weight is 329 g/mol. The molecule has 0 aliphatic heterocycles. The van der Waals surface area contributed by atoms with Gasteiger partial charge in [0, 0.05) is 22.9 Å². The van der Waals surface area contributed by atoms with Gasteiger partial charge in [-0.25, -0.2) is 4.98 Å². The Morgan fingerprint density at radius 2 is 1.58 bits per heavy atom. The van der Waals surface area contributed by atoms with Gasteiger partial charge in [-0.05, 0) is 29.8 Å². The van der Waals surface area contributed by atoms with Gasteiger partial charge in [-0.15, -0.1) is 0 Å². The Kier molecular flexibility index (Phi) is 4.42. The van der Waals surface area contributed by atoms with E-state index in [0.29, 0.717) is 21.7 Å². The van der Waals surface area contributed by atoms with Gasteiger partial charge in [0.2, 0.25) is 0 Å². The van der Waals surface area contributed by atoms with E-state index in [0.717, 1.165) is 4.90 Å². The van der Waals surface area contributed by atoms with Crippen molar-refractivity contribution in [2.75, 3.05) is 5.73 Å². The van der Waals surface area contributed by atoms with E-state index in [2.05, 4.69) is 22.1 Å². The van der Waals surface area contributed by atoms with E-state index < -0.39 is 0 Å². The summed E-state index contributed by atoms with van der Waals surface area (Å²) >= 11 is 1.34. The zero-order valence-electron chi connectivity index (χ0n) is 12.5. The SMILES string of the molecule is N#Cc1c(N)nc(Sc2ccccc2)c(C#N)c1-c1ccncc1. The lowest BCUT2D eigenvalue weighted by Crippen LogP contribution is -2.03. The van der Waals surface area contributed by atoms with Gasteiger partial charge in [0.15, 0.2) is 0 Å². The number of benzene rings is 1. The highest BCUT2D eigenvalue weighted by Gasteiger charge is 2.20. The van der Waals surface area contributed by atoms with Crippen molar-refractivity contribution in [3.05, 3.63) is 66.0 Å². The Morgan fingerprint density at radius 1 is 0.917 bits per heavy atom. The van der Waals surface area contributed by atoms with Crippen LogP contribution in [0.25, 0.3) is 11.1 Å². The molecule has 0 radical (unpaired) electrons. The number of rotatable bonds is 3. The van der Waals surface area contributed by atoms with Gasteiger partial charge in [-0.2, -0.15) is 10.5 Å². The molecule has 0 aliphatic carbocycles.